The van der Waals surface area contributed by atoms with E-state index < -0.39 is 0 Å². The number of hydrogen-bond acceptors (Lipinski definition) is 4. The molecule has 3 rings (SSSR count). The van der Waals surface area contributed by atoms with Gasteiger partial charge in [-0.15, -0.1) is 0 Å². The van der Waals surface area contributed by atoms with Crippen molar-refractivity contribution in [3.8, 4) is 5.75 Å². The average Bonchev–Trinajstić information content (AvgIpc) is 2.90. The van der Waals surface area contributed by atoms with Crippen LogP contribution in [0, 0.1) is 6.92 Å². The summed E-state index contributed by atoms with van der Waals surface area (Å²) >= 11 is 0. The Morgan fingerprint density at radius 3 is 3.10 bits per heavy atom. The molecule has 0 spiro atoms. The highest BCUT2D eigenvalue weighted by Crippen LogP contribution is 2.32. The van der Waals surface area contributed by atoms with Gasteiger partial charge in [0.25, 0.3) is 0 Å². The Kier molecular flexibility index (Phi) is 3.74. The summed E-state index contributed by atoms with van der Waals surface area (Å²) in [5, 5.41) is 3.55. The molecule has 4 heteroatoms. The summed E-state index contributed by atoms with van der Waals surface area (Å²) in [4.78, 5) is 4.24. The minimum Gasteiger partial charge on any atom is -0.497 e. The highest BCUT2D eigenvalue weighted by Gasteiger charge is 2.20. The standard InChI is InChI=1S/C16H20N2O2/c1-11-9-18-16(20-11)10-17-15-5-3-4-12-6-7-13(19-2)8-14(12)15/h6-9,15,17H,3-5,10H2,1-2H3. The maximum Gasteiger partial charge on any atom is 0.208 e. The molecule has 20 heavy (non-hydrogen) atoms. The third kappa shape index (κ3) is 2.70. The Labute approximate surface area is 119 Å². The van der Waals surface area contributed by atoms with Crippen molar-refractivity contribution in [2.24, 2.45) is 0 Å². The molecule has 4 nitrogen and oxygen atoms in total. The average molecular weight is 272 g/mol. The molecule has 0 amide bonds. The number of aryl methyl sites for hydroxylation is 2. The van der Waals surface area contributed by atoms with Gasteiger partial charge in [-0.25, -0.2) is 4.98 Å². The molecule has 0 saturated heterocycles. The monoisotopic (exact) mass is 272 g/mol. The Balaban J connectivity index is 1.75. The Hall–Kier alpha value is -1.81. The summed E-state index contributed by atoms with van der Waals surface area (Å²) in [5.74, 6) is 2.52. The predicted molar refractivity (Wildman–Crippen MR) is 76.8 cm³/mol. The number of hydrogen-bond donors (Lipinski definition) is 1. The zero-order chi connectivity index (χ0) is 13.9. The van der Waals surface area contributed by atoms with Gasteiger partial charge in [-0.05, 0) is 49.4 Å². The molecule has 0 fully saturated rings. The molecular formula is C16H20N2O2. The van der Waals surface area contributed by atoms with Gasteiger partial charge in [0.05, 0.1) is 19.9 Å². The lowest BCUT2D eigenvalue weighted by Crippen LogP contribution is -2.25. The van der Waals surface area contributed by atoms with Crippen molar-refractivity contribution >= 4 is 0 Å². The van der Waals surface area contributed by atoms with Gasteiger partial charge in [-0.2, -0.15) is 0 Å². The van der Waals surface area contributed by atoms with Crippen molar-refractivity contribution in [3.63, 3.8) is 0 Å². The van der Waals surface area contributed by atoms with Crippen LogP contribution >= 0.6 is 0 Å². The minimum absolute atomic E-state index is 0.348. The second-order valence-corrected chi connectivity index (χ2v) is 5.26. The quantitative estimate of drug-likeness (QED) is 0.928. The lowest BCUT2D eigenvalue weighted by atomic mass is 9.87. The first-order valence-electron chi connectivity index (χ1n) is 7.08. The van der Waals surface area contributed by atoms with Gasteiger partial charge in [0.1, 0.15) is 11.5 Å². The molecule has 1 aromatic heterocycles. The Morgan fingerprint density at radius 2 is 2.35 bits per heavy atom. The topological polar surface area (TPSA) is 47.3 Å². The van der Waals surface area contributed by atoms with E-state index >= 15 is 0 Å². The zero-order valence-electron chi connectivity index (χ0n) is 12.0. The molecule has 2 aromatic rings. The SMILES string of the molecule is COc1ccc2c(c1)C(NCc1ncc(C)o1)CCC2. The molecule has 106 valence electrons. The van der Waals surface area contributed by atoms with Gasteiger partial charge in [0, 0.05) is 6.04 Å². The van der Waals surface area contributed by atoms with E-state index in [1.54, 1.807) is 13.3 Å². The fourth-order valence-corrected chi connectivity index (χ4v) is 2.81. The minimum atomic E-state index is 0.348. The molecule has 1 heterocycles. The first kappa shape index (κ1) is 13.2. The molecule has 1 aromatic carbocycles. The van der Waals surface area contributed by atoms with Crippen molar-refractivity contribution in [1.29, 1.82) is 0 Å². The number of oxazole rings is 1. The number of benzene rings is 1. The number of aromatic nitrogens is 1. The maximum absolute atomic E-state index is 5.51. The zero-order valence-corrected chi connectivity index (χ0v) is 12.0. The molecule has 0 radical (unpaired) electrons. The van der Waals surface area contributed by atoms with Crippen LogP contribution in [0.1, 0.15) is 41.7 Å². The molecule has 0 saturated carbocycles. The van der Waals surface area contributed by atoms with E-state index in [4.69, 9.17) is 9.15 Å². The van der Waals surface area contributed by atoms with E-state index in [0.29, 0.717) is 12.6 Å². The van der Waals surface area contributed by atoms with E-state index in [0.717, 1.165) is 30.2 Å². The third-order valence-electron chi connectivity index (χ3n) is 3.84. The smallest absolute Gasteiger partial charge is 0.208 e. The van der Waals surface area contributed by atoms with E-state index in [2.05, 4.69) is 22.4 Å². The highest BCUT2D eigenvalue weighted by atomic mass is 16.5. The van der Waals surface area contributed by atoms with Crippen LogP contribution in [0.3, 0.4) is 0 Å². The molecule has 1 unspecified atom stereocenters. The first-order valence-corrected chi connectivity index (χ1v) is 7.08. The number of methoxy groups -OCH3 is 1. The lowest BCUT2D eigenvalue weighted by Gasteiger charge is -2.26. The van der Waals surface area contributed by atoms with E-state index in [-0.39, 0.29) is 0 Å². The Morgan fingerprint density at radius 1 is 1.45 bits per heavy atom. The summed E-state index contributed by atoms with van der Waals surface area (Å²) < 4.78 is 10.8. The van der Waals surface area contributed by atoms with Crippen LogP contribution in [0.15, 0.2) is 28.8 Å². The van der Waals surface area contributed by atoms with E-state index in [1.165, 1.54) is 17.5 Å². The number of ether oxygens (including phenoxy) is 1. The largest absolute Gasteiger partial charge is 0.497 e. The normalized spacial score (nSPS) is 17.8. The third-order valence-corrected chi connectivity index (χ3v) is 3.84. The Bertz CT molecular complexity index is 592. The van der Waals surface area contributed by atoms with Crippen molar-refractivity contribution < 1.29 is 9.15 Å². The molecule has 1 aliphatic carbocycles. The van der Waals surface area contributed by atoms with Crippen molar-refractivity contribution in [3.05, 3.63) is 47.2 Å². The van der Waals surface area contributed by atoms with Gasteiger partial charge in [0.15, 0.2) is 0 Å². The van der Waals surface area contributed by atoms with Gasteiger partial charge >= 0.3 is 0 Å². The molecule has 0 aliphatic heterocycles. The van der Waals surface area contributed by atoms with Gasteiger partial charge in [0.2, 0.25) is 5.89 Å². The summed E-state index contributed by atoms with van der Waals surface area (Å²) in [6.07, 6.45) is 5.26. The second-order valence-electron chi connectivity index (χ2n) is 5.26. The molecule has 1 aliphatic rings. The number of fused-ring (bicyclic) bond motifs is 1. The van der Waals surface area contributed by atoms with Crippen molar-refractivity contribution in [2.75, 3.05) is 7.11 Å². The van der Waals surface area contributed by atoms with E-state index in [9.17, 15) is 0 Å². The van der Waals surface area contributed by atoms with Crippen LogP contribution in [0.4, 0.5) is 0 Å². The molecule has 1 atom stereocenters. The van der Waals surface area contributed by atoms with Crippen LogP contribution in [0.25, 0.3) is 0 Å². The molecule has 0 bridgehead atoms. The maximum atomic E-state index is 5.51. The van der Waals surface area contributed by atoms with Gasteiger partial charge in [-0.1, -0.05) is 6.07 Å². The number of rotatable bonds is 4. The summed E-state index contributed by atoms with van der Waals surface area (Å²) in [7, 11) is 1.71. The summed E-state index contributed by atoms with van der Waals surface area (Å²) in [6.45, 7) is 2.58. The van der Waals surface area contributed by atoms with Crippen molar-refractivity contribution in [1.82, 2.24) is 10.3 Å². The van der Waals surface area contributed by atoms with Crippen molar-refractivity contribution in [2.45, 2.75) is 38.8 Å². The predicted octanol–water partition coefficient (Wildman–Crippen LogP) is 3.16. The molecule has 1 N–H and O–H groups in total. The first-order chi connectivity index (χ1) is 9.76. The number of nitrogens with zero attached hydrogens (tertiary/aromatic N) is 1. The van der Waals surface area contributed by atoms with Crippen LogP contribution in [0.5, 0.6) is 5.75 Å². The van der Waals surface area contributed by atoms with E-state index in [1.807, 2.05) is 13.0 Å². The number of nitrogens with one attached hydrogen (secondary N) is 1. The van der Waals surface area contributed by atoms with Crippen LogP contribution < -0.4 is 10.1 Å². The van der Waals surface area contributed by atoms with Crippen LogP contribution in [-0.2, 0) is 13.0 Å². The van der Waals surface area contributed by atoms with Gasteiger partial charge < -0.3 is 14.5 Å². The second kappa shape index (κ2) is 5.67. The lowest BCUT2D eigenvalue weighted by molar-refractivity contribution is 0.393. The summed E-state index contributed by atoms with van der Waals surface area (Å²) in [6, 6.07) is 6.71. The van der Waals surface area contributed by atoms with Crippen LogP contribution in [-0.4, -0.2) is 12.1 Å². The fraction of sp³-hybridized carbons (Fsp3) is 0.438. The molecular weight excluding hydrogens is 252 g/mol. The summed E-state index contributed by atoms with van der Waals surface area (Å²) in [5.41, 5.74) is 2.76. The van der Waals surface area contributed by atoms with Crippen LogP contribution in [0.2, 0.25) is 0 Å². The van der Waals surface area contributed by atoms with Gasteiger partial charge in [-0.3, -0.25) is 0 Å². The fourth-order valence-electron chi connectivity index (χ4n) is 2.81. The highest BCUT2D eigenvalue weighted by molar-refractivity contribution is 5.39.